The molecular weight excluding hydrogens is 392 g/mol. The molecule has 0 atom stereocenters. The minimum atomic E-state index is -1.23. The van der Waals surface area contributed by atoms with Crippen molar-refractivity contribution >= 4 is 23.9 Å². The fourth-order valence-corrected chi connectivity index (χ4v) is 2.22. The van der Waals surface area contributed by atoms with Crippen LogP contribution in [0.3, 0.4) is 0 Å². The number of esters is 2. The Bertz CT molecular complexity index is 869. The van der Waals surface area contributed by atoms with E-state index >= 15 is 0 Å². The summed E-state index contributed by atoms with van der Waals surface area (Å²) in [6.45, 7) is 6.22. The number of carboxylic acids is 2. The second kappa shape index (κ2) is 12.0. The fourth-order valence-electron chi connectivity index (χ4n) is 2.22. The van der Waals surface area contributed by atoms with Gasteiger partial charge >= 0.3 is 23.9 Å². The third-order valence-corrected chi connectivity index (χ3v) is 3.58. The van der Waals surface area contributed by atoms with Crippen molar-refractivity contribution < 1.29 is 38.9 Å². The summed E-state index contributed by atoms with van der Waals surface area (Å²) in [6, 6.07) is 12.0. The lowest BCUT2D eigenvalue weighted by atomic mass is 10.1. The highest BCUT2D eigenvalue weighted by Crippen LogP contribution is 2.12. The van der Waals surface area contributed by atoms with Gasteiger partial charge in [-0.05, 0) is 37.1 Å². The van der Waals surface area contributed by atoms with Gasteiger partial charge in [-0.25, -0.2) is 19.2 Å². The van der Waals surface area contributed by atoms with Gasteiger partial charge in [0, 0.05) is 0 Å². The van der Waals surface area contributed by atoms with E-state index in [9.17, 15) is 19.2 Å². The number of rotatable bonds is 7. The Labute approximate surface area is 174 Å². The monoisotopic (exact) mass is 416 g/mol. The largest absolute Gasteiger partial charge is 0.478 e. The summed E-state index contributed by atoms with van der Waals surface area (Å²) in [5.74, 6) is -3.20. The predicted octanol–water partition coefficient (Wildman–Crippen LogP) is 3.76. The molecule has 0 saturated carbocycles. The van der Waals surface area contributed by atoms with Crippen LogP contribution in [0.1, 0.15) is 62.2 Å². The molecule has 0 amide bonds. The molecule has 0 spiro atoms. The first-order chi connectivity index (χ1) is 14.2. The van der Waals surface area contributed by atoms with Crippen LogP contribution in [0.4, 0.5) is 0 Å². The Balaban J connectivity index is 0.000000325. The van der Waals surface area contributed by atoms with E-state index < -0.39 is 23.9 Å². The highest BCUT2D eigenvalue weighted by molar-refractivity contribution is 6.03. The van der Waals surface area contributed by atoms with Crippen LogP contribution in [0, 0.1) is 5.92 Å². The molecule has 0 aromatic heterocycles. The summed E-state index contributed by atoms with van der Waals surface area (Å²) >= 11 is 0. The van der Waals surface area contributed by atoms with Crippen molar-refractivity contribution in [1.82, 2.24) is 0 Å². The molecule has 8 heteroatoms. The number of carbonyl (C=O) groups is 4. The molecule has 0 radical (unpaired) electrons. The van der Waals surface area contributed by atoms with Crippen molar-refractivity contribution in [2.24, 2.45) is 5.92 Å². The van der Waals surface area contributed by atoms with Gasteiger partial charge in [-0.2, -0.15) is 0 Å². The molecular formula is C22H24O8. The molecule has 0 bridgehead atoms. The molecule has 2 N–H and O–H groups in total. The van der Waals surface area contributed by atoms with Crippen LogP contribution in [0.25, 0.3) is 0 Å². The molecule has 0 unspecified atom stereocenters. The molecule has 0 saturated heterocycles. The topological polar surface area (TPSA) is 127 Å². The summed E-state index contributed by atoms with van der Waals surface area (Å²) in [6.07, 6.45) is 0. The predicted molar refractivity (Wildman–Crippen MR) is 108 cm³/mol. The molecule has 0 aliphatic heterocycles. The van der Waals surface area contributed by atoms with Gasteiger partial charge in [0.25, 0.3) is 0 Å². The zero-order chi connectivity index (χ0) is 22.7. The van der Waals surface area contributed by atoms with E-state index in [-0.39, 0.29) is 34.8 Å². The first kappa shape index (κ1) is 24.4. The van der Waals surface area contributed by atoms with E-state index in [0.29, 0.717) is 6.61 Å². The van der Waals surface area contributed by atoms with Crippen molar-refractivity contribution in [2.45, 2.75) is 20.8 Å². The van der Waals surface area contributed by atoms with Crippen LogP contribution in [0.2, 0.25) is 0 Å². The normalized spacial score (nSPS) is 9.87. The molecule has 2 aromatic carbocycles. The number of aromatic carboxylic acids is 2. The van der Waals surface area contributed by atoms with Gasteiger partial charge in [0.2, 0.25) is 0 Å². The standard InChI is InChI=1S/C14H18O4.C8H6O4/c1-4-17-13(15)11-7-5-6-8-12(11)14(16)18-9-10(2)3;9-7(10)5-3-1-2-4-6(5)8(11)12/h5-8,10H,4,9H2,1-3H3;1-4H,(H,9,10)(H,11,12). The maximum absolute atomic E-state index is 11.8. The van der Waals surface area contributed by atoms with Crippen molar-refractivity contribution in [1.29, 1.82) is 0 Å². The second-order valence-corrected chi connectivity index (χ2v) is 6.41. The second-order valence-electron chi connectivity index (χ2n) is 6.41. The zero-order valence-corrected chi connectivity index (χ0v) is 17.0. The summed E-state index contributed by atoms with van der Waals surface area (Å²) in [5.41, 5.74) is 0.111. The van der Waals surface area contributed by atoms with E-state index in [0.717, 1.165) is 0 Å². The molecule has 2 aromatic rings. The van der Waals surface area contributed by atoms with Gasteiger partial charge < -0.3 is 19.7 Å². The van der Waals surface area contributed by atoms with E-state index in [1.165, 1.54) is 24.3 Å². The summed E-state index contributed by atoms with van der Waals surface area (Å²) in [7, 11) is 0. The van der Waals surface area contributed by atoms with Gasteiger partial charge in [-0.1, -0.05) is 38.1 Å². The number of benzene rings is 2. The molecule has 0 aliphatic carbocycles. The molecule has 30 heavy (non-hydrogen) atoms. The minimum Gasteiger partial charge on any atom is -0.478 e. The van der Waals surface area contributed by atoms with Gasteiger partial charge in [-0.3, -0.25) is 0 Å². The average Bonchev–Trinajstić information content (AvgIpc) is 2.72. The van der Waals surface area contributed by atoms with E-state index in [1.807, 2.05) is 13.8 Å². The fraction of sp³-hybridized carbons (Fsp3) is 0.273. The lowest BCUT2D eigenvalue weighted by Gasteiger charge is -2.10. The SMILES string of the molecule is CCOC(=O)c1ccccc1C(=O)OCC(C)C.O=C(O)c1ccccc1C(=O)O. The van der Waals surface area contributed by atoms with Crippen LogP contribution in [-0.2, 0) is 9.47 Å². The maximum atomic E-state index is 11.8. The van der Waals surface area contributed by atoms with Crippen molar-refractivity contribution in [3.05, 3.63) is 70.8 Å². The molecule has 8 nitrogen and oxygen atoms in total. The molecule has 2 rings (SSSR count). The van der Waals surface area contributed by atoms with Crippen LogP contribution in [-0.4, -0.2) is 47.3 Å². The maximum Gasteiger partial charge on any atom is 0.339 e. The van der Waals surface area contributed by atoms with Crippen LogP contribution >= 0.6 is 0 Å². The molecule has 160 valence electrons. The Morgan fingerprint density at radius 2 is 1.10 bits per heavy atom. The van der Waals surface area contributed by atoms with E-state index in [2.05, 4.69) is 0 Å². The van der Waals surface area contributed by atoms with Crippen molar-refractivity contribution in [3.8, 4) is 0 Å². The summed E-state index contributed by atoms with van der Waals surface area (Å²) in [5, 5.41) is 17.1. The average molecular weight is 416 g/mol. The summed E-state index contributed by atoms with van der Waals surface area (Å²) in [4.78, 5) is 44.5. The number of carbonyl (C=O) groups excluding carboxylic acids is 2. The van der Waals surface area contributed by atoms with E-state index in [1.54, 1.807) is 31.2 Å². The highest BCUT2D eigenvalue weighted by atomic mass is 16.5. The van der Waals surface area contributed by atoms with Crippen LogP contribution in [0.15, 0.2) is 48.5 Å². The lowest BCUT2D eigenvalue weighted by molar-refractivity contribution is 0.0435. The van der Waals surface area contributed by atoms with E-state index in [4.69, 9.17) is 19.7 Å². The summed E-state index contributed by atoms with van der Waals surface area (Å²) < 4.78 is 10.0. The van der Waals surface area contributed by atoms with Crippen molar-refractivity contribution in [3.63, 3.8) is 0 Å². The Hall–Kier alpha value is -3.68. The Kier molecular flexibility index (Phi) is 9.75. The Morgan fingerprint density at radius 3 is 1.43 bits per heavy atom. The lowest BCUT2D eigenvalue weighted by Crippen LogP contribution is -2.15. The minimum absolute atomic E-state index is 0.190. The van der Waals surface area contributed by atoms with Gasteiger partial charge in [0.05, 0.1) is 35.5 Å². The van der Waals surface area contributed by atoms with Gasteiger partial charge in [0.1, 0.15) is 0 Å². The first-order valence-corrected chi connectivity index (χ1v) is 9.17. The number of hydrogen-bond acceptors (Lipinski definition) is 6. The molecule has 0 fully saturated rings. The quantitative estimate of drug-likeness (QED) is 0.653. The third-order valence-electron chi connectivity index (χ3n) is 3.58. The first-order valence-electron chi connectivity index (χ1n) is 9.17. The smallest absolute Gasteiger partial charge is 0.339 e. The van der Waals surface area contributed by atoms with Crippen LogP contribution in [0.5, 0.6) is 0 Å². The number of carboxylic acid groups (broad SMARTS) is 2. The van der Waals surface area contributed by atoms with Crippen molar-refractivity contribution in [2.75, 3.05) is 13.2 Å². The number of hydrogen-bond donors (Lipinski definition) is 2. The van der Waals surface area contributed by atoms with Gasteiger partial charge in [0.15, 0.2) is 0 Å². The zero-order valence-electron chi connectivity index (χ0n) is 17.0. The number of ether oxygens (including phenoxy) is 2. The third kappa shape index (κ3) is 7.38. The van der Waals surface area contributed by atoms with Crippen LogP contribution < -0.4 is 0 Å². The van der Waals surface area contributed by atoms with Gasteiger partial charge in [-0.15, -0.1) is 0 Å². The molecule has 0 aliphatic rings. The highest BCUT2D eigenvalue weighted by Gasteiger charge is 2.18. The molecule has 0 heterocycles. The Morgan fingerprint density at radius 1 is 0.733 bits per heavy atom.